The molecule has 0 aromatic heterocycles. The molecule has 1 saturated carbocycles. The van der Waals surface area contributed by atoms with Gasteiger partial charge in [-0.1, -0.05) is 25.0 Å². The zero-order chi connectivity index (χ0) is 15.2. The fourth-order valence-corrected chi connectivity index (χ4v) is 2.78. The maximum Gasteiger partial charge on any atom is 0.335 e. The van der Waals surface area contributed by atoms with Crippen LogP contribution < -0.4 is 10.6 Å². The molecule has 0 bridgehead atoms. The average Bonchev–Trinajstić information content (AvgIpc) is 3.00. The Morgan fingerprint density at radius 3 is 2.43 bits per heavy atom. The van der Waals surface area contributed by atoms with Crippen molar-refractivity contribution < 1.29 is 14.7 Å². The maximum atomic E-state index is 11.8. The fourth-order valence-electron chi connectivity index (χ4n) is 2.78. The van der Waals surface area contributed by atoms with Crippen molar-refractivity contribution in [2.75, 3.05) is 0 Å². The first-order chi connectivity index (χ1) is 10.1. The van der Waals surface area contributed by atoms with Crippen molar-refractivity contribution in [3.63, 3.8) is 0 Å². The van der Waals surface area contributed by atoms with Gasteiger partial charge in [-0.2, -0.15) is 0 Å². The Hall–Kier alpha value is -2.04. The van der Waals surface area contributed by atoms with Gasteiger partial charge in [-0.05, 0) is 43.4 Å². The van der Waals surface area contributed by atoms with Crippen LogP contribution in [-0.4, -0.2) is 23.1 Å². The van der Waals surface area contributed by atoms with Crippen molar-refractivity contribution in [3.05, 3.63) is 35.4 Å². The van der Waals surface area contributed by atoms with Crippen LogP contribution in [0.2, 0.25) is 0 Å². The van der Waals surface area contributed by atoms with E-state index in [1.807, 2.05) is 0 Å². The summed E-state index contributed by atoms with van der Waals surface area (Å²) < 4.78 is 0. The quantitative estimate of drug-likeness (QED) is 0.780. The van der Waals surface area contributed by atoms with Gasteiger partial charge >= 0.3 is 12.0 Å². The lowest BCUT2D eigenvalue weighted by Crippen LogP contribution is -2.43. The van der Waals surface area contributed by atoms with Gasteiger partial charge in [0.25, 0.3) is 0 Å². The molecule has 1 aliphatic rings. The van der Waals surface area contributed by atoms with E-state index in [2.05, 4.69) is 17.6 Å². The van der Waals surface area contributed by atoms with E-state index in [9.17, 15) is 9.59 Å². The Labute approximate surface area is 124 Å². The molecule has 1 aliphatic carbocycles. The van der Waals surface area contributed by atoms with Crippen molar-refractivity contribution in [3.8, 4) is 0 Å². The van der Waals surface area contributed by atoms with Gasteiger partial charge in [-0.15, -0.1) is 0 Å². The highest BCUT2D eigenvalue weighted by Crippen LogP contribution is 2.27. The number of aromatic carboxylic acids is 1. The van der Waals surface area contributed by atoms with Gasteiger partial charge in [0.15, 0.2) is 0 Å². The summed E-state index contributed by atoms with van der Waals surface area (Å²) in [6.45, 7) is 2.44. The minimum Gasteiger partial charge on any atom is -0.478 e. The Morgan fingerprint density at radius 1 is 1.24 bits per heavy atom. The molecular formula is C16H22N2O3. The number of hydrogen-bond donors (Lipinski definition) is 3. The topological polar surface area (TPSA) is 78.4 Å². The summed E-state index contributed by atoms with van der Waals surface area (Å²) in [6.07, 6.45) is 4.90. The summed E-state index contributed by atoms with van der Waals surface area (Å²) in [6, 6.07) is 6.53. The van der Waals surface area contributed by atoms with E-state index in [-0.39, 0.29) is 17.6 Å². The summed E-state index contributed by atoms with van der Waals surface area (Å²) in [5.74, 6) is -0.358. The summed E-state index contributed by atoms with van der Waals surface area (Å²) in [4.78, 5) is 22.6. The number of benzene rings is 1. The number of carboxylic acid groups (broad SMARTS) is 1. The standard InChI is InChI=1S/C16H22N2O3/c1-11(13-4-2-3-5-13)18-16(21)17-10-12-6-8-14(9-7-12)15(19)20/h6-9,11,13H,2-5,10H2,1H3,(H,19,20)(H2,17,18,21)/t11-/m1/s1. The molecule has 21 heavy (non-hydrogen) atoms. The number of amides is 2. The van der Waals surface area contributed by atoms with Crippen LogP contribution in [0.4, 0.5) is 4.79 Å². The van der Waals surface area contributed by atoms with Gasteiger partial charge in [0.05, 0.1) is 5.56 Å². The van der Waals surface area contributed by atoms with Crippen LogP contribution in [0.15, 0.2) is 24.3 Å². The molecule has 0 unspecified atom stereocenters. The number of hydrogen-bond acceptors (Lipinski definition) is 2. The molecule has 0 aliphatic heterocycles. The zero-order valence-corrected chi connectivity index (χ0v) is 12.3. The monoisotopic (exact) mass is 290 g/mol. The van der Waals surface area contributed by atoms with Gasteiger partial charge in [0.2, 0.25) is 0 Å². The fraction of sp³-hybridized carbons (Fsp3) is 0.500. The van der Waals surface area contributed by atoms with Crippen LogP contribution in [0.5, 0.6) is 0 Å². The predicted molar refractivity (Wildman–Crippen MR) is 80.2 cm³/mol. The third kappa shape index (κ3) is 4.48. The number of carboxylic acids is 1. The zero-order valence-electron chi connectivity index (χ0n) is 12.3. The van der Waals surface area contributed by atoms with Crippen molar-refractivity contribution >= 4 is 12.0 Å². The molecule has 3 N–H and O–H groups in total. The Bertz CT molecular complexity index is 493. The molecule has 1 aromatic carbocycles. The van der Waals surface area contributed by atoms with Crippen molar-refractivity contribution in [2.24, 2.45) is 5.92 Å². The van der Waals surface area contributed by atoms with Crippen LogP contribution >= 0.6 is 0 Å². The third-order valence-electron chi connectivity index (χ3n) is 4.12. The van der Waals surface area contributed by atoms with Crippen LogP contribution in [0.25, 0.3) is 0 Å². The second-order valence-corrected chi connectivity index (χ2v) is 5.66. The summed E-state index contributed by atoms with van der Waals surface area (Å²) in [5.41, 5.74) is 1.13. The summed E-state index contributed by atoms with van der Waals surface area (Å²) in [5, 5.41) is 14.6. The Balaban J connectivity index is 1.76. The first-order valence-corrected chi connectivity index (χ1v) is 7.43. The first kappa shape index (κ1) is 15.4. The smallest absolute Gasteiger partial charge is 0.335 e. The lowest BCUT2D eigenvalue weighted by Gasteiger charge is -2.20. The Kier molecular flexibility index (Phi) is 5.20. The molecule has 5 nitrogen and oxygen atoms in total. The van der Waals surface area contributed by atoms with E-state index in [4.69, 9.17) is 5.11 Å². The maximum absolute atomic E-state index is 11.8. The van der Waals surface area contributed by atoms with Gasteiger partial charge < -0.3 is 15.7 Å². The van der Waals surface area contributed by atoms with E-state index in [1.54, 1.807) is 24.3 Å². The highest BCUT2D eigenvalue weighted by Gasteiger charge is 2.22. The number of rotatable bonds is 5. The number of nitrogens with one attached hydrogen (secondary N) is 2. The second-order valence-electron chi connectivity index (χ2n) is 5.66. The molecule has 2 amide bonds. The number of carbonyl (C=O) groups excluding carboxylic acids is 1. The molecular weight excluding hydrogens is 268 g/mol. The largest absolute Gasteiger partial charge is 0.478 e. The molecule has 0 radical (unpaired) electrons. The molecule has 2 rings (SSSR count). The highest BCUT2D eigenvalue weighted by atomic mass is 16.4. The molecule has 1 fully saturated rings. The summed E-state index contributed by atoms with van der Waals surface area (Å²) >= 11 is 0. The van der Waals surface area contributed by atoms with Crippen LogP contribution in [0.3, 0.4) is 0 Å². The minimum atomic E-state index is -0.947. The van der Waals surface area contributed by atoms with E-state index < -0.39 is 5.97 Å². The van der Waals surface area contributed by atoms with Crippen LogP contribution in [-0.2, 0) is 6.54 Å². The van der Waals surface area contributed by atoms with Crippen LogP contribution in [0, 0.1) is 5.92 Å². The highest BCUT2D eigenvalue weighted by molar-refractivity contribution is 5.87. The molecule has 0 spiro atoms. The minimum absolute atomic E-state index is 0.170. The van der Waals surface area contributed by atoms with Crippen molar-refractivity contribution in [1.29, 1.82) is 0 Å². The number of urea groups is 1. The summed E-state index contributed by atoms with van der Waals surface area (Å²) in [7, 11) is 0. The lowest BCUT2D eigenvalue weighted by molar-refractivity contribution is 0.0697. The van der Waals surface area contributed by atoms with E-state index in [0.29, 0.717) is 12.5 Å². The molecule has 114 valence electrons. The van der Waals surface area contributed by atoms with E-state index in [1.165, 1.54) is 25.7 Å². The van der Waals surface area contributed by atoms with Gasteiger partial charge in [-0.25, -0.2) is 9.59 Å². The second kappa shape index (κ2) is 7.11. The van der Waals surface area contributed by atoms with E-state index in [0.717, 1.165) is 5.56 Å². The molecule has 1 aromatic rings. The third-order valence-corrected chi connectivity index (χ3v) is 4.12. The lowest BCUT2D eigenvalue weighted by atomic mass is 10.0. The predicted octanol–water partition coefficient (Wildman–Crippen LogP) is 2.76. The van der Waals surface area contributed by atoms with Crippen LogP contribution in [0.1, 0.15) is 48.5 Å². The van der Waals surface area contributed by atoms with Gasteiger partial charge in [-0.3, -0.25) is 0 Å². The molecule has 0 saturated heterocycles. The van der Waals surface area contributed by atoms with E-state index >= 15 is 0 Å². The first-order valence-electron chi connectivity index (χ1n) is 7.43. The van der Waals surface area contributed by atoms with Gasteiger partial charge in [0, 0.05) is 12.6 Å². The van der Waals surface area contributed by atoms with Crippen molar-refractivity contribution in [1.82, 2.24) is 10.6 Å². The van der Waals surface area contributed by atoms with Gasteiger partial charge in [0.1, 0.15) is 0 Å². The molecule has 5 heteroatoms. The van der Waals surface area contributed by atoms with Crippen molar-refractivity contribution in [2.45, 2.75) is 45.2 Å². The normalized spacial score (nSPS) is 16.4. The molecule has 1 atom stereocenters. The Morgan fingerprint density at radius 2 is 1.86 bits per heavy atom. The average molecular weight is 290 g/mol. The number of carbonyl (C=O) groups is 2. The SMILES string of the molecule is C[C@@H](NC(=O)NCc1ccc(C(=O)O)cc1)C1CCCC1. The molecule has 0 heterocycles.